The van der Waals surface area contributed by atoms with Crippen LogP contribution in [0.1, 0.15) is 35.3 Å². The Hall–Kier alpha value is -2.96. The first-order valence-electron chi connectivity index (χ1n) is 9.88. The number of fused-ring (bicyclic) bond motifs is 3. The van der Waals surface area contributed by atoms with E-state index in [1.165, 1.54) is 38.7 Å². The number of carbonyl (C=O) groups excluding carboxylic acids is 1. The van der Waals surface area contributed by atoms with E-state index < -0.39 is 10.0 Å². The lowest BCUT2D eigenvalue weighted by Gasteiger charge is -2.21. The summed E-state index contributed by atoms with van der Waals surface area (Å²) in [5.41, 5.74) is 6.06. The zero-order chi connectivity index (χ0) is 21.5. The van der Waals surface area contributed by atoms with Crippen LogP contribution in [0.15, 0.2) is 71.6 Å². The van der Waals surface area contributed by atoms with Crippen LogP contribution in [0.25, 0.3) is 11.1 Å². The number of nitrogens with one attached hydrogen (secondary N) is 1. The fourth-order valence-corrected chi connectivity index (χ4v) is 5.02. The molecule has 4 rings (SSSR count). The van der Waals surface area contributed by atoms with Crippen LogP contribution in [0.4, 0.5) is 5.69 Å². The lowest BCUT2D eigenvalue weighted by Crippen LogP contribution is -2.33. The largest absolute Gasteiger partial charge is 0.322 e. The monoisotopic (exact) mass is 420 g/mol. The molecule has 5 nitrogen and oxygen atoms in total. The molecule has 0 heterocycles. The Morgan fingerprint density at radius 2 is 1.60 bits per heavy atom. The Morgan fingerprint density at radius 1 is 0.933 bits per heavy atom. The summed E-state index contributed by atoms with van der Waals surface area (Å²) in [5, 5.41) is 2.92. The van der Waals surface area contributed by atoms with Gasteiger partial charge in [0.1, 0.15) is 0 Å². The Morgan fingerprint density at radius 3 is 2.30 bits per heavy atom. The molecule has 0 bridgehead atoms. The normalized spacial score (nSPS) is 12.7. The molecule has 0 saturated heterocycles. The van der Waals surface area contributed by atoms with Gasteiger partial charge in [-0.3, -0.25) is 4.79 Å². The summed E-state index contributed by atoms with van der Waals surface area (Å²) < 4.78 is 26.5. The zero-order valence-corrected chi connectivity index (χ0v) is 18.0. The van der Waals surface area contributed by atoms with Crippen LogP contribution >= 0.6 is 0 Å². The van der Waals surface area contributed by atoms with E-state index in [-0.39, 0.29) is 16.8 Å². The number of hydrogen-bond acceptors (Lipinski definition) is 3. The minimum Gasteiger partial charge on any atom is -0.322 e. The first-order chi connectivity index (χ1) is 14.3. The summed E-state index contributed by atoms with van der Waals surface area (Å²) in [6, 6.07) is 20.1. The van der Waals surface area contributed by atoms with Gasteiger partial charge in [0.05, 0.1) is 4.90 Å². The average Bonchev–Trinajstić information content (AvgIpc) is 3.10. The topological polar surface area (TPSA) is 66.5 Å². The van der Waals surface area contributed by atoms with Crippen molar-refractivity contribution in [1.82, 2.24) is 4.31 Å². The van der Waals surface area contributed by atoms with Crippen molar-refractivity contribution in [3.63, 3.8) is 0 Å². The molecule has 6 heteroatoms. The fraction of sp³-hybridized carbons (Fsp3) is 0.208. The highest BCUT2D eigenvalue weighted by molar-refractivity contribution is 7.89. The van der Waals surface area contributed by atoms with Crippen molar-refractivity contribution < 1.29 is 13.2 Å². The van der Waals surface area contributed by atoms with E-state index in [0.717, 1.165) is 12.1 Å². The van der Waals surface area contributed by atoms with Crippen LogP contribution in [0.5, 0.6) is 0 Å². The van der Waals surface area contributed by atoms with Gasteiger partial charge in [0, 0.05) is 24.3 Å². The Kier molecular flexibility index (Phi) is 5.22. The maximum atomic E-state index is 12.7. The third-order valence-electron chi connectivity index (χ3n) is 5.57. The molecule has 30 heavy (non-hydrogen) atoms. The second-order valence-electron chi connectivity index (χ2n) is 7.80. The number of amides is 1. The highest BCUT2D eigenvalue weighted by Crippen LogP contribution is 2.37. The number of hydrogen-bond donors (Lipinski definition) is 1. The Balaban J connectivity index is 1.51. The average molecular weight is 421 g/mol. The molecule has 1 aliphatic rings. The molecule has 1 amide bonds. The molecule has 0 aromatic heterocycles. The van der Waals surface area contributed by atoms with E-state index in [1.807, 2.05) is 44.2 Å². The Labute approximate surface area is 177 Å². The summed E-state index contributed by atoms with van der Waals surface area (Å²) in [7, 11) is -2.02. The SMILES string of the molecule is CC(C)N(C)S(=O)(=O)c1ccc(C(=O)Nc2ccc3c(c2)Cc2ccccc2-3)cc1. The minimum absolute atomic E-state index is 0.149. The number of carbonyl (C=O) groups is 1. The summed E-state index contributed by atoms with van der Waals surface area (Å²) in [6.45, 7) is 3.63. The maximum absolute atomic E-state index is 12.7. The number of nitrogens with zero attached hydrogens (tertiary/aromatic N) is 1. The van der Waals surface area contributed by atoms with Gasteiger partial charge in [-0.25, -0.2) is 8.42 Å². The molecule has 154 valence electrons. The van der Waals surface area contributed by atoms with Gasteiger partial charge in [0.2, 0.25) is 10.0 Å². The highest BCUT2D eigenvalue weighted by atomic mass is 32.2. The third kappa shape index (κ3) is 3.64. The number of anilines is 1. The van der Waals surface area contributed by atoms with Crippen LogP contribution < -0.4 is 5.32 Å². The van der Waals surface area contributed by atoms with Crippen molar-refractivity contribution >= 4 is 21.6 Å². The van der Waals surface area contributed by atoms with Gasteiger partial charge in [0.15, 0.2) is 0 Å². The van der Waals surface area contributed by atoms with Crippen molar-refractivity contribution in [3.05, 3.63) is 83.4 Å². The van der Waals surface area contributed by atoms with Crippen molar-refractivity contribution in [3.8, 4) is 11.1 Å². The van der Waals surface area contributed by atoms with E-state index >= 15 is 0 Å². The number of sulfonamides is 1. The molecule has 0 spiro atoms. The molecule has 3 aromatic rings. The summed E-state index contributed by atoms with van der Waals surface area (Å²) >= 11 is 0. The van der Waals surface area contributed by atoms with Crippen molar-refractivity contribution in [2.75, 3.05) is 12.4 Å². The lowest BCUT2D eigenvalue weighted by atomic mass is 10.1. The fourth-order valence-electron chi connectivity index (χ4n) is 3.65. The first kappa shape index (κ1) is 20.3. The highest BCUT2D eigenvalue weighted by Gasteiger charge is 2.23. The van der Waals surface area contributed by atoms with Gasteiger partial charge >= 0.3 is 0 Å². The van der Waals surface area contributed by atoms with Gasteiger partial charge in [-0.2, -0.15) is 4.31 Å². The van der Waals surface area contributed by atoms with E-state index in [0.29, 0.717) is 5.56 Å². The van der Waals surface area contributed by atoms with Crippen molar-refractivity contribution in [2.24, 2.45) is 0 Å². The summed E-state index contributed by atoms with van der Waals surface area (Å²) in [5.74, 6) is -0.272. The Bertz CT molecular complexity index is 1220. The molecule has 1 N–H and O–H groups in total. The molecule has 0 unspecified atom stereocenters. The number of benzene rings is 3. The van der Waals surface area contributed by atoms with Gasteiger partial charge in [-0.15, -0.1) is 0 Å². The van der Waals surface area contributed by atoms with Crippen LogP contribution in [-0.2, 0) is 16.4 Å². The summed E-state index contributed by atoms with van der Waals surface area (Å²) in [6.07, 6.45) is 0.852. The van der Waals surface area contributed by atoms with E-state index in [4.69, 9.17) is 0 Å². The van der Waals surface area contributed by atoms with Gasteiger partial charge in [-0.1, -0.05) is 30.3 Å². The van der Waals surface area contributed by atoms with E-state index in [1.54, 1.807) is 19.2 Å². The molecule has 0 radical (unpaired) electrons. The zero-order valence-electron chi connectivity index (χ0n) is 17.2. The second-order valence-corrected chi connectivity index (χ2v) is 9.80. The van der Waals surface area contributed by atoms with Crippen LogP contribution in [-0.4, -0.2) is 31.7 Å². The molecule has 1 aliphatic carbocycles. The van der Waals surface area contributed by atoms with Crippen LogP contribution in [0.2, 0.25) is 0 Å². The predicted octanol–water partition coefficient (Wildman–Crippen LogP) is 4.54. The van der Waals surface area contributed by atoms with Gasteiger partial charge < -0.3 is 5.32 Å². The first-order valence-corrected chi connectivity index (χ1v) is 11.3. The maximum Gasteiger partial charge on any atom is 0.255 e. The second kappa shape index (κ2) is 7.70. The molecular formula is C24H24N2O3S. The quantitative estimate of drug-likeness (QED) is 0.515. The lowest BCUT2D eigenvalue weighted by molar-refractivity contribution is 0.102. The van der Waals surface area contributed by atoms with Crippen molar-refractivity contribution in [2.45, 2.75) is 31.2 Å². The van der Waals surface area contributed by atoms with E-state index in [2.05, 4.69) is 17.4 Å². The third-order valence-corrected chi connectivity index (χ3v) is 7.62. The molecule has 0 fully saturated rings. The minimum atomic E-state index is -3.57. The van der Waals surface area contributed by atoms with Crippen LogP contribution in [0.3, 0.4) is 0 Å². The van der Waals surface area contributed by atoms with Crippen LogP contribution in [0, 0.1) is 0 Å². The molecule has 3 aromatic carbocycles. The van der Waals surface area contributed by atoms with Gasteiger partial charge in [0.25, 0.3) is 5.91 Å². The van der Waals surface area contributed by atoms with E-state index in [9.17, 15) is 13.2 Å². The standard InChI is InChI=1S/C24H24N2O3S/c1-16(2)26(3)30(28,29)21-11-8-17(9-12-21)24(27)25-20-10-13-23-19(15-20)14-18-6-4-5-7-22(18)23/h4-13,15-16H,14H2,1-3H3,(H,25,27). The molecule has 0 aliphatic heterocycles. The summed E-state index contributed by atoms with van der Waals surface area (Å²) in [4.78, 5) is 12.8. The molecule has 0 saturated carbocycles. The molecular weight excluding hydrogens is 396 g/mol. The predicted molar refractivity (Wildman–Crippen MR) is 119 cm³/mol. The number of rotatable bonds is 5. The van der Waals surface area contributed by atoms with Gasteiger partial charge in [-0.05, 0) is 78.9 Å². The van der Waals surface area contributed by atoms with Crippen molar-refractivity contribution in [1.29, 1.82) is 0 Å². The smallest absolute Gasteiger partial charge is 0.255 e. The molecule has 0 atom stereocenters.